The molecule has 0 aromatic rings. The van der Waals surface area contributed by atoms with Crippen molar-refractivity contribution in [1.29, 1.82) is 0 Å². The fourth-order valence-corrected chi connectivity index (χ4v) is 2.65. The van der Waals surface area contributed by atoms with Gasteiger partial charge in [0.15, 0.2) is 0 Å². The van der Waals surface area contributed by atoms with Gasteiger partial charge in [0.2, 0.25) is 0 Å². The molecule has 0 aromatic heterocycles. The van der Waals surface area contributed by atoms with E-state index in [4.69, 9.17) is 0 Å². The van der Waals surface area contributed by atoms with Crippen LogP contribution in [0.4, 0.5) is 0 Å². The van der Waals surface area contributed by atoms with E-state index in [0.717, 1.165) is 6.04 Å². The van der Waals surface area contributed by atoms with Crippen LogP contribution in [0.15, 0.2) is 0 Å². The van der Waals surface area contributed by atoms with Gasteiger partial charge in [-0.05, 0) is 26.8 Å². The summed E-state index contributed by atoms with van der Waals surface area (Å²) in [6.45, 7) is 4.75. The number of hydrogen-bond donors (Lipinski definition) is 1. The molecule has 1 saturated heterocycles. The van der Waals surface area contributed by atoms with Gasteiger partial charge in [-0.25, -0.2) is 0 Å². The van der Waals surface area contributed by atoms with Crippen molar-refractivity contribution < 1.29 is 0 Å². The van der Waals surface area contributed by atoms with Crippen LogP contribution in [-0.2, 0) is 0 Å². The molecule has 1 aliphatic heterocycles. The van der Waals surface area contributed by atoms with Crippen LogP contribution in [0.2, 0.25) is 0 Å². The first-order valence-electron chi connectivity index (χ1n) is 5.66. The van der Waals surface area contributed by atoms with Crippen LogP contribution in [0.3, 0.4) is 0 Å². The molecule has 0 spiro atoms. The van der Waals surface area contributed by atoms with Crippen molar-refractivity contribution in [3.63, 3.8) is 0 Å². The second kappa shape index (κ2) is 3.58. The van der Waals surface area contributed by atoms with Crippen molar-refractivity contribution in [2.75, 3.05) is 20.1 Å². The maximum atomic E-state index is 3.38. The largest absolute Gasteiger partial charge is 0.313 e. The molecular formula is C11H22N2. The molecule has 2 rings (SSSR count). The van der Waals surface area contributed by atoms with E-state index in [1.165, 1.54) is 45.2 Å². The van der Waals surface area contributed by atoms with Gasteiger partial charge in [0.1, 0.15) is 0 Å². The van der Waals surface area contributed by atoms with Gasteiger partial charge in [-0.2, -0.15) is 0 Å². The Morgan fingerprint density at radius 3 is 2.23 bits per heavy atom. The van der Waals surface area contributed by atoms with Gasteiger partial charge in [0, 0.05) is 24.7 Å². The normalized spacial score (nSPS) is 28.8. The van der Waals surface area contributed by atoms with E-state index >= 15 is 0 Å². The lowest BCUT2D eigenvalue weighted by Gasteiger charge is -2.50. The molecule has 0 amide bonds. The van der Waals surface area contributed by atoms with Crippen molar-refractivity contribution in [3.05, 3.63) is 0 Å². The molecule has 1 aliphatic carbocycles. The highest BCUT2D eigenvalue weighted by Crippen LogP contribution is 2.28. The summed E-state index contributed by atoms with van der Waals surface area (Å²) in [4.78, 5) is 2.63. The molecule has 2 fully saturated rings. The Hall–Kier alpha value is -0.0800. The summed E-state index contributed by atoms with van der Waals surface area (Å²) in [7, 11) is 2.32. The highest BCUT2D eigenvalue weighted by molar-refractivity contribution is 4.99. The number of rotatable bonds is 2. The van der Waals surface area contributed by atoms with Crippen molar-refractivity contribution in [3.8, 4) is 0 Å². The Morgan fingerprint density at radius 2 is 1.77 bits per heavy atom. The van der Waals surface area contributed by atoms with Gasteiger partial charge in [-0.15, -0.1) is 0 Å². The minimum atomic E-state index is 0.460. The number of likely N-dealkylation sites (N-methyl/N-ethyl adjacent to an activating group) is 1. The minimum Gasteiger partial charge on any atom is -0.313 e. The predicted molar refractivity (Wildman–Crippen MR) is 55.9 cm³/mol. The summed E-state index contributed by atoms with van der Waals surface area (Å²) in [5, 5.41) is 3.38. The zero-order valence-corrected chi connectivity index (χ0v) is 8.97. The zero-order chi connectivity index (χ0) is 9.31. The average Bonchev–Trinajstić information content (AvgIpc) is 2.14. The van der Waals surface area contributed by atoms with Crippen LogP contribution < -0.4 is 5.32 Å². The van der Waals surface area contributed by atoms with Gasteiger partial charge in [0.05, 0.1) is 0 Å². The Morgan fingerprint density at radius 1 is 1.15 bits per heavy atom. The van der Waals surface area contributed by atoms with Crippen LogP contribution in [0.5, 0.6) is 0 Å². The molecule has 2 heteroatoms. The Labute approximate surface area is 81.7 Å². The summed E-state index contributed by atoms with van der Waals surface area (Å²) >= 11 is 0. The molecule has 0 unspecified atom stereocenters. The number of hydrogen-bond acceptors (Lipinski definition) is 2. The summed E-state index contributed by atoms with van der Waals surface area (Å²) in [6, 6.07) is 0.862. The lowest BCUT2D eigenvalue weighted by Crippen LogP contribution is -2.68. The number of nitrogens with one attached hydrogen (secondary N) is 1. The van der Waals surface area contributed by atoms with Crippen molar-refractivity contribution in [2.24, 2.45) is 0 Å². The van der Waals surface area contributed by atoms with Gasteiger partial charge in [-0.3, -0.25) is 4.90 Å². The topological polar surface area (TPSA) is 15.3 Å². The maximum absolute atomic E-state index is 3.38. The molecular weight excluding hydrogens is 160 g/mol. The second-order valence-corrected chi connectivity index (χ2v) is 5.00. The minimum absolute atomic E-state index is 0.460. The van der Waals surface area contributed by atoms with E-state index in [0.29, 0.717) is 5.54 Å². The fraction of sp³-hybridized carbons (Fsp3) is 1.00. The monoisotopic (exact) mass is 182 g/mol. The van der Waals surface area contributed by atoms with E-state index in [1.807, 2.05) is 0 Å². The first-order valence-corrected chi connectivity index (χ1v) is 5.66. The Balaban J connectivity index is 1.90. The van der Waals surface area contributed by atoms with Crippen LogP contribution in [0, 0.1) is 0 Å². The fourth-order valence-electron chi connectivity index (χ4n) is 2.65. The molecule has 1 saturated carbocycles. The molecule has 76 valence electrons. The molecule has 1 heterocycles. The summed E-state index contributed by atoms with van der Waals surface area (Å²) in [6.07, 6.45) is 7.19. The standard InChI is InChI=1S/C11H22N2/c1-11(8-12-9-11)13(2)10-6-4-3-5-7-10/h10,12H,3-9H2,1-2H3. The highest BCUT2D eigenvalue weighted by Gasteiger charge is 2.38. The highest BCUT2D eigenvalue weighted by atomic mass is 15.3. The second-order valence-electron chi connectivity index (χ2n) is 5.00. The smallest absolute Gasteiger partial charge is 0.0429 e. The van der Waals surface area contributed by atoms with Gasteiger partial charge in [-0.1, -0.05) is 19.3 Å². The summed E-state index contributed by atoms with van der Waals surface area (Å²) in [5.41, 5.74) is 0.460. The van der Waals surface area contributed by atoms with Crippen molar-refractivity contribution in [1.82, 2.24) is 10.2 Å². The van der Waals surface area contributed by atoms with Crippen LogP contribution in [0.25, 0.3) is 0 Å². The molecule has 0 aromatic carbocycles. The van der Waals surface area contributed by atoms with E-state index in [9.17, 15) is 0 Å². The average molecular weight is 182 g/mol. The summed E-state index contributed by atoms with van der Waals surface area (Å²) in [5.74, 6) is 0. The lowest BCUT2D eigenvalue weighted by molar-refractivity contribution is 0.0257. The first-order chi connectivity index (χ1) is 6.22. The molecule has 1 N–H and O–H groups in total. The van der Waals surface area contributed by atoms with Crippen molar-refractivity contribution >= 4 is 0 Å². The first kappa shape index (κ1) is 9.47. The Bertz CT molecular complexity index is 169. The van der Waals surface area contributed by atoms with Crippen LogP contribution in [0.1, 0.15) is 39.0 Å². The van der Waals surface area contributed by atoms with E-state index < -0.39 is 0 Å². The molecule has 13 heavy (non-hydrogen) atoms. The third-order valence-corrected chi connectivity index (χ3v) is 3.99. The van der Waals surface area contributed by atoms with E-state index in [1.54, 1.807) is 0 Å². The van der Waals surface area contributed by atoms with Gasteiger partial charge < -0.3 is 5.32 Å². The lowest BCUT2D eigenvalue weighted by atomic mass is 9.87. The van der Waals surface area contributed by atoms with Crippen molar-refractivity contribution in [2.45, 2.75) is 50.6 Å². The third kappa shape index (κ3) is 1.75. The van der Waals surface area contributed by atoms with Gasteiger partial charge in [0.25, 0.3) is 0 Å². The SMILES string of the molecule is CN(C1CCCCC1)C1(C)CNC1. The maximum Gasteiger partial charge on any atom is 0.0429 e. The molecule has 2 nitrogen and oxygen atoms in total. The van der Waals surface area contributed by atoms with Crippen LogP contribution >= 0.6 is 0 Å². The molecule has 0 atom stereocenters. The van der Waals surface area contributed by atoms with E-state index in [2.05, 4.69) is 24.2 Å². The molecule has 2 aliphatic rings. The molecule has 0 bridgehead atoms. The van der Waals surface area contributed by atoms with Gasteiger partial charge >= 0.3 is 0 Å². The Kier molecular flexibility index (Phi) is 2.61. The summed E-state index contributed by atoms with van der Waals surface area (Å²) < 4.78 is 0. The predicted octanol–water partition coefficient (Wildman–Crippen LogP) is 1.61. The van der Waals surface area contributed by atoms with E-state index in [-0.39, 0.29) is 0 Å². The molecule has 0 radical (unpaired) electrons. The third-order valence-electron chi connectivity index (χ3n) is 3.99. The number of nitrogens with zero attached hydrogens (tertiary/aromatic N) is 1. The quantitative estimate of drug-likeness (QED) is 0.698. The van der Waals surface area contributed by atoms with Crippen LogP contribution in [-0.4, -0.2) is 36.6 Å². The zero-order valence-electron chi connectivity index (χ0n) is 8.97.